The zero-order chi connectivity index (χ0) is 13.9. The van der Waals surface area contributed by atoms with E-state index in [1.807, 2.05) is 30.8 Å². The number of hydrogen-bond acceptors (Lipinski definition) is 4. The fourth-order valence-corrected chi connectivity index (χ4v) is 3.45. The Balaban J connectivity index is 1.74. The van der Waals surface area contributed by atoms with Gasteiger partial charge in [-0.3, -0.25) is 4.79 Å². The minimum absolute atomic E-state index is 0.0257. The third-order valence-corrected chi connectivity index (χ3v) is 4.61. The van der Waals surface area contributed by atoms with E-state index in [0.717, 1.165) is 12.2 Å². The molecule has 1 aromatic heterocycles. The molecule has 1 aliphatic rings. The molecule has 0 saturated heterocycles. The largest absolute Gasteiger partial charge is 0.347 e. The summed E-state index contributed by atoms with van der Waals surface area (Å²) in [7, 11) is 0. The molecule has 1 amide bonds. The number of nitrogens with zero attached hydrogens (tertiary/aromatic N) is 3. The lowest BCUT2D eigenvalue weighted by molar-refractivity contribution is -0.125. The van der Waals surface area contributed by atoms with E-state index >= 15 is 0 Å². The summed E-state index contributed by atoms with van der Waals surface area (Å²) in [6.07, 6.45) is 3.96. The smallest absolute Gasteiger partial charge is 0.245 e. The summed E-state index contributed by atoms with van der Waals surface area (Å²) in [6, 6.07) is 8.00. The number of nitrogens with one attached hydrogen (secondary N) is 1. The summed E-state index contributed by atoms with van der Waals surface area (Å²) in [5, 5.41) is 7.14. The van der Waals surface area contributed by atoms with Gasteiger partial charge in [-0.15, -0.1) is 11.8 Å². The van der Waals surface area contributed by atoms with Gasteiger partial charge in [0.25, 0.3) is 0 Å². The molecule has 1 aromatic carbocycles. The zero-order valence-corrected chi connectivity index (χ0v) is 12.0. The highest BCUT2D eigenvalue weighted by molar-refractivity contribution is 7.99. The summed E-state index contributed by atoms with van der Waals surface area (Å²) >= 11 is 1.85. The number of hydrogen-bond donors (Lipinski definition) is 1. The Labute approximate surface area is 121 Å². The van der Waals surface area contributed by atoms with Gasteiger partial charge in [0.1, 0.15) is 18.7 Å². The van der Waals surface area contributed by atoms with Gasteiger partial charge < -0.3 is 5.32 Å². The number of thioether (sulfide) groups is 1. The first-order valence-corrected chi connectivity index (χ1v) is 7.60. The van der Waals surface area contributed by atoms with Crippen LogP contribution in [0.4, 0.5) is 0 Å². The number of fused-ring (bicyclic) bond motifs is 1. The van der Waals surface area contributed by atoms with Crippen LogP contribution in [-0.2, 0) is 4.79 Å². The van der Waals surface area contributed by atoms with E-state index in [1.54, 1.807) is 11.0 Å². The molecule has 1 N–H and O–H groups in total. The highest BCUT2D eigenvalue weighted by atomic mass is 32.2. The van der Waals surface area contributed by atoms with Crippen molar-refractivity contribution < 1.29 is 4.79 Å². The van der Waals surface area contributed by atoms with Gasteiger partial charge in [0.05, 0.1) is 6.04 Å². The van der Waals surface area contributed by atoms with Crippen LogP contribution in [0.5, 0.6) is 0 Å². The molecule has 0 aliphatic carbocycles. The molecule has 20 heavy (non-hydrogen) atoms. The quantitative estimate of drug-likeness (QED) is 0.940. The molecule has 1 aliphatic heterocycles. The number of carbonyl (C=O) groups excluding carboxylic acids is 1. The van der Waals surface area contributed by atoms with Crippen molar-refractivity contribution in [3.8, 4) is 0 Å². The molecular formula is C14H16N4OS. The van der Waals surface area contributed by atoms with Gasteiger partial charge in [-0.25, -0.2) is 9.67 Å². The topological polar surface area (TPSA) is 59.8 Å². The molecule has 104 valence electrons. The number of carbonyl (C=O) groups is 1. The van der Waals surface area contributed by atoms with Crippen LogP contribution in [0.1, 0.15) is 31.0 Å². The van der Waals surface area contributed by atoms with E-state index in [0.29, 0.717) is 0 Å². The molecule has 2 aromatic rings. The minimum atomic E-state index is -0.348. The summed E-state index contributed by atoms with van der Waals surface area (Å²) < 4.78 is 1.57. The maximum atomic E-state index is 12.3. The second kappa shape index (κ2) is 5.66. The second-order valence-electron chi connectivity index (χ2n) is 4.79. The fraction of sp³-hybridized carbons (Fsp3) is 0.357. The molecule has 0 saturated carbocycles. The lowest BCUT2D eigenvalue weighted by Gasteiger charge is -2.27. The van der Waals surface area contributed by atoms with Gasteiger partial charge in [-0.05, 0) is 25.0 Å². The van der Waals surface area contributed by atoms with Crippen LogP contribution in [-0.4, -0.2) is 26.4 Å². The van der Waals surface area contributed by atoms with Crippen LogP contribution in [0, 0.1) is 0 Å². The van der Waals surface area contributed by atoms with Crippen LogP contribution in [0.15, 0.2) is 41.8 Å². The second-order valence-corrected chi connectivity index (χ2v) is 5.92. The van der Waals surface area contributed by atoms with Crippen molar-refractivity contribution in [3.05, 3.63) is 42.5 Å². The van der Waals surface area contributed by atoms with Gasteiger partial charge in [0.15, 0.2) is 0 Å². The lowest BCUT2D eigenvalue weighted by Crippen LogP contribution is -2.35. The highest BCUT2D eigenvalue weighted by Gasteiger charge is 2.24. The van der Waals surface area contributed by atoms with Gasteiger partial charge in [-0.2, -0.15) is 5.10 Å². The molecular weight excluding hydrogens is 272 g/mol. The van der Waals surface area contributed by atoms with Crippen molar-refractivity contribution in [1.82, 2.24) is 20.1 Å². The summed E-state index contributed by atoms with van der Waals surface area (Å²) in [5.41, 5.74) is 1.21. The van der Waals surface area contributed by atoms with Crippen LogP contribution >= 0.6 is 11.8 Å². The SMILES string of the molecule is C[C@@H](C(=O)N[C@@H]1CCSc2ccccc21)n1cncn1. The van der Waals surface area contributed by atoms with Gasteiger partial charge in [-0.1, -0.05) is 18.2 Å². The number of aromatic nitrogens is 3. The third kappa shape index (κ3) is 2.56. The molecule has 0 radical (unpaired) electrons. The Morgan fingerprint density at radius 3 is 3.15 bits per heavy atom. The number of amides is 1. The minimum Gasteiger partial charge on any atom is -0.347 e. The molecule has 0 spiro atoms. The van der Waals surface area contributed by atoms with Crippen molar-refractivity contribution >= 4 is 17.7 Å². The maximum absolute atomic E-state index is 12.3. The normalized spacial score (nSPS) is 19.1. The summed E-state index contributed by atoms with van der Waals surface area (Å²) in [4.78, 5) is 17.5. The highest BCUT2D eigenvalue weighted by Crippen LogP contribution is 2.35. The average molecular weight is 288 g/mol. The number of benzene rings is 1. The first-order chi connectivity index (χ1) is 9.75. The van der Waals surface area contributed by atoms with Crippen molar-refractivity contribution in [2.75, 3.05) is 5.75 Å². The summed E-state index contributed by atoms with van der Waals surface area (Å²) in [6.45, 7) is 1.83. The van der Waals surface area contributed by atoms with E-state index in [9.17, 15) is 4.79 Å². The molecule has 5 nitrogen and oxygen atoms in total. The maximum Gasteiger partial charge on any atom is 0.245 e. The summed E-state index contributed by atoms with van der Waals surface area (Å²) in [5.74, 6) is 1.00. The molecule has 0 bridgehead atoms. The molecule has 0 unspecified atom stereocenters. The zero-order valence-electron chi connectivity index (χ0n) is 11.2. The first-order valence-electron chi connectivity index (χ1n) is 6.62. The van der Waals surface area contributed by atoms with Crippen molar-refractivity contribution in [3.63, 3.8) is 0 Å². The lowest BCUT2D eigenvalue weighted by atomic mass is 10.0. The molecule has 2 heterocycles. The van der Waals surface area contributed by atoms with E-state index < -0.39 is 0 Å². The molecule has 3 rings (SSSR count). The van der Waals surface area contributed by atoms with E-state index in [-0.39, 0.29) is 18.0 Å². The Morgan fingerprint density at radius 1 is 1.50 bits per heavy atom. The standard InChI is InChI=1S/C14H16N4OS/c1-10(18-9-15-8-16-18)14(19)17-12-6-7-20-13-5-3-2-4-11(12)13/h2-5,8-10,12H,6-7H2,1H3,(H,17,19)/t10-,12+/m0/s1. The van der Waals surface area contributed by atoms with Crippen LogP contribution in [0.25, 0.3) is 0 Å². The fourth-order valence-electron chi connectivity index (χ4n) is 2.32. The predicted molar refractivity (Wildman–Crippen MR) is 77.4 cm³/mol. The monoisotopic (exact) mass is 288 g/mol. The molecule has 0 fully saturated rings. The average Bonchev–Trinajstić information content (AvgIpc) is 3.01. The Kier molecular flexibility index (Phi) is 3.73. The first kappa shape index (κ1) is 13.2. The molecule has 2 atom stereocenters. The van der Waals surface area contributed by atoms with E-state index in [4.69, 9.17) is 0 Å². The van der Waals surface area contributed by atoms with Crippen LogP contribution in [0.3, 0.4) is 0 Å². The number of rotatable bonds is 3. The van der Waals surface area contributed by atoms with E-state index in [1.165, 1.54) is 16.8 Å². The van der Waals surface area contributed by atoms with Crippen molar-refractivity contribution in [2.24, 2.45) is 0 Å². The van der Waals surface area contributed by atoms with Crippen molar-refractivity contribution in [2.45, 2.75) is 30.3 Å². The molecule has 6 heteroatoms. The van der Waals surface area contributed by atoms with Crippen LogP contribution < -0.4 is 5.32 Å². The Bertz CT molecular complexity index is 599. The van der Waals surface area contributed by atoms with E-state index in [2.05, 4.69) is 27.5 Å². The van der Waals surface area contributed by atoms with Gasteiger partial charge in [0, 0.05) is 10.6 Å². The Morgan fingerprint density at radius 2 is 2.35 bits per heavy atom. The third-order valence-electron chi connectivity index (χ3n) is 3.49. The van der Waals surface area contributed by atoms with Gasteiger partial charge >= 0.3 is 0 Å². The predicted octanol–water partition coefficient (Wildman–Crippen LogP) is 2.19. The van der Waals surface area contributed by atoms with Crippen molar-refractivity contribution in [1.29, 1.82) is 0 Å². The van der Waals surface area contributed by atoms with Gasteiger partial charge in [0.2, 0.25) is 5.91 Å². The van der Waals surface area contributed by atoms with Crippen LogP contribution in [0.2, 0.25) is 0 Å². The Hall–Kier alpha value is -1.82.